The van der Waals surface area contributed by atoms with E-state index in [1.165, 1.54) is 10.8 Å². The third kappa shape index (κ3) is 3.13. The highest BCUT2D eigenvalue weighted by molar-refractivity contribution is 7.91. The standard InChI is InChI=1S/C9H12F2N2O2S/c1-2-13-6-5-12-9(13)16(14,15)7-3-4-8(10)11/h4-6H,2-3,7H2,1H3. The van der Waals surface area contributed by atoms with Crippen molar-refractivity contribution in [1.82, 2.24) is 9.55 Å². The maximum absolute atomic E-state index is 11.7. The van der Waals surface area contributed by atoms with Crippen LogP contribution in [0.15, 0.2) is 29.7 Å². The lowest BCUT2D eigenvalue weighted by atomic mass is 10.5. The lowest BCUT2D eigenvalue weighted by Crippen LogP contribution is -2.13. The number of hydrogen-bond acceptors (Lipinski definition) is 3. The molecule has 1 heterocycles. The largest absolute Gasteiger partial charge is 0.322 e. The molecule has 0 N–H and O–H groups in total. The quantitative estimate of drug-likeness (QED) is 0.801. The molecule has 1 aromatic rings. The predicted octanol–water partition coefficient (Wildman–Crippen LogP) is 1.85. The average Bonchev–Trinajstić information content (AvgIpc) is 2.64. The van der Waals surface area contributed by atoms with Gasteiger partial charge in [0.25, 0.3) is 6.08 Å². The number of rotatable bonds is 5. The molecule has 0 bridgehead atoms. The molecule has 0 amide bonds. The summed E-state index contributed by atoms with van der Waals surface area (Å²) in [5.74, 6) is -0.360. The van der Waals surface area contributed by atoms with Gasteiger partial charge < -0.3 is 4.57 Å². The van der Waals surface area contributed by atoms with Gasteiger partial charge in [0.15, 0.2) is 0 Å². The van der Waals surface area contributed by atoms with E-state index in [0.29, 0.717) is 12.6 Å². The highest BCUT2D eigenvalue weighted by Crippen LogP contribution is 2.11. The third-order valence-corrected chi connectivity index (χ3v) is 3.65. The summed E-state index contributed by atoms with van der Waals surface area (Å²) in [6.07, 6.45) is 1.44. The molecule has 0 saturated carbocycles. The molecule has 0 fully saturated rings. The van der Waals surface area contributed by atoms with E-state index in [1.807, 2.05) is 0 Å². The van der Waals surface area contributed by atoms with E-state index in [-0.39, 0.29) is 17.3 Å². The van der Waals surface area contributed by atoms with Crippen LogP contribution in [-0.4, -0.2) is 23.7 Å². The average molecular weight is 250 g/mol. The summed E-state index contributed by atoms with van der Waals surface area (Å²) in [5.41, 5.74) is 0. The van der Waals surface area contributed by atoms with Crippen LogP contribution in [-0.2, 0) is 16.4 Å². The van der Waals surface area contributed by atoms with Crippen molar-refractivity contribution in [2.75, 3.05) is 5.75 Å². The van der Waals surface area contributed by atoms with Crippen molar-refractivity contribution in [1.29, 1.82) is 0 Å². The Morgan fingerprint density at radius 1 is 1.56 bits per heavy atom. The van der Waals surface area contributed by atoms with Crippen LogP contribution < -0.4 is 0 Å². The third-order valence-electron chi connectivity index (χ3n) is 1.98. The fourth-order valence-electron chi connectivity index (χ4n) is 1.23. The van der Waals surface area contributed by atoms with E-state index in [2.05, 4.69) is 4.98 Å². The van der Waals surface area contributed by atoms with Gasteiger partial charge in [-0.25, -0.2) is 13.4 Å². The van der Waals surface area contributed by atoms with Gasteiger partial charge in [-0.05, 0) is 19.4 Å². The molecular formula is C9H12F2N2O2S. The number of aryl methyl sites for hydroxylation is 1. The number of halogens is 2. The van der Waals surface area contributed by atoms with Gasteiger partial charge in [-0.1, -0.05) is 0 Å². The highest BCUT2D eigenvalue weighted by Gasteiger charge is 2.19. The van der Waals surface area contributed by atoms with Crippen molar-refractivity contribution < 1.29 is 17.2 Å². The Bertz CT molecular complexity index is 475. The Labute approximate surface area is 92.5 Å². The highest BCUT2D eigenvalue weighted by atomic mass is 32.2. The maximum Gasteiger partial charge on any atom is 0.266 e. The molecule has 0 spiro atoms. The molecule has 1 rings (SSSR count). The Kier molecular flexibility index (Phi) is 4.17. The molecule has 7 heteroatoms. The Morgan fingerprint density at radius 2 is 2.25 bits per heavy atom. The van der Waals surface area contributed by atoms with Gasteiger partial charge in [0.2, 0.25) is 15.0 Å². The summed E-state index contributed by atoms with van der Waals surface area (Å²) in [7, 11) is -3.58. The number of allylic oxidation sites excluding steroid dienone is 1. The lowest BCUT2D eigenvalue weighted by molar-refractivity contribution is 0.418. The van der Waals surface area contributed by atoms with E-state index >= 15 is 0 Å². The number of nitrogens with zero attached hydrogens (tertiary/aromatic N) is 2. The zero-order valence-corrected chi connectivity index (χ0v) is 9.54. The van der Waals surface area contributed by atoms with Crippen LogP contribution >= 0.6 is 0 Å². The van der Waals surface area contributed by atoms with Crippen molar-refractivity contribution in [2.45, 2.75) is 25.0 Å². The van der Waals surface area contributed by atoms with Gasteiger partial charge >= 0.3 is 0 Å². The number of imidazole rings is 1. The molecule has 16 heavy (non-hydrogen) atoms. The summed E-state index contributed by atoms with van der Waals surface area (Å²) >= 11 is 0. The van der Waals surface area contributed by atoms with Gasteiger partial charge in [-0.3, -0.25) is 0 Å². The van der Waals surface area contributed by atoms with Crippen molar-refractivity contribution in [3.05, 3.63) is 24.6 Å². The summed E-state index contributed by atoms with van der Waals surface area (Å²) in [6, 6.07) is 0. The van der Waals surface area contributed by atoms with Crippen molar-refractivity contribution in [2.24, 2.45) is 0 Å². The van der Waals surface area contributed by atoms with Crippen molar-refractivity contribution in [3.63, 3.8) is 0 Å². The molecule has 0 aliphatic heterocycles. The molecule has 0 unspecified atom stereocenters. The van der Waals surface area contributed by atoms with E-state index in [9.17, 15) is 17.2 Å². The summed E-state index contributed by atoms with van der Waals surface area (Å²) in [5, 5.41) is -0.0670. The fraction of sp³-hybridized carbons (Fsp3) is 0.444. The van der Waals surface area contributed by atoms with Crippen LogP contribution in [0.2, 0.25) is 0 Å². The molecule has 0 atom stereocenters. The van der Waals surface area contributed by atoms with E-state index in [1.54, 1.807) is 13.1 Å². The first kappa shape index (κ1) is 12.8. The monoisotopic (exact) mass is 250 g/mol. The second kappa shape index (κ2) is 5.20. The van der Waals surface area contributed by atoms with Gasteiger partial charge in [-0.2, -0.15) is 8.78 Å². The van der Waals surface area contributed by atoms with E-state index in [0.717, 1.165) is 0 Å². The smallest absolute Gasteiger partial charge is 0.266 e. The van der Waals surface area contributed by atoms with Gasteiger partial charge in [-0.15, -0.1) is 0 Å². The number of hydrogen-bond donors (Lipinski definition) is 0. The molecule has 1 aromatic heterocycles. The maximum atomic E-state index is 11.7. The van der Waals surface area contributed by atoms with Crippen molar-refractivity contribution in [3.8, 4) is 0 Å². The summed E-state index contributed by atoms with van der Waals surface area (Å²) in [6.45, 7) is 2.25. The lowest BCUT2D eigenvalue weighted by Gasteiger charge is -2.04. The number of aromatic nitrogens is 2. The minimum absolute atomic E-state index is 0.0670. The second-order valence-electron chi connectivity index (χ2n) is 3.10. The Hall–Kier alpha value is -1.24. The van der Waals surface area contributed by atoms with Crippen LogP contribution in [0, 0.1) is 0 Å². The summed E-state index contributed by atoms with van der Waals surface area (Å²) in [4.78, 5) is 3.72. The molecule has 0 saturated heterocycles. The van der Waals surface area contributed by atoms with Crippen LogP contribution in [0.1, 0.15) is 13.3 Å². The van der Waals surface area contributed by atoms with E-state index < -0.39 is 15.9 Å². The van der Waals surface area contributed by atoms with Crippen LogP contribution in [0.3, 0.4) is 0 Å². The Morgan fingerprint density at radius 3 is 2.81 bits per heavy atom. The van der Waals surface area contributed by atoms with Gasteiger partial charge in [0.05, 0.1) is 5.75 Å². The topological polar surface area (TPSA) is 52.0 Å². The first-order chi connectivity index (χ1) is 7.47. The molecule has 4 nitrogen and oxygen atoms in total. The van der Waals surface area contributed by atoms with Crippen LogP contribution in [0.4, 0.5) is 8.78 Å². The van der Waals surface area contributed by atoms with Crippen molar-refractivity contribution >= 4 is 9.84 Å². The van der Waals surface area contributed by atoms with E-state index in [4.69, 9.17) is 0 Å². The van der Waals surface area contributed by atoms with Gasteiger partial charge in [0, 0.05) is 18.9 Å². The summed E-state index contributed by atoms with van der Waals surface area (Å²) < 4.78 is 48.3. The number of sulfone groups is 1. The second-order valence-corrected chi connectivity index (χ2v) is 5.10. The first-order valence-electron chi connectivity index (χ1n) is 4.72. The molecule has 0 radical (unpaired) electrons. The zero-order chi connectivity index (χ0) is 12.2. The normalized spacial score (nSPS) is 11.4. The zero-order valence-electron chi connectivity index (χ0n) is 8.73. The Balaban J connectivity index is 2.82. The first-order valence-corrected chi connectivity index (χ1v) is 6.37. The minimum Gasteiger partial charge on any atom is -0.322 e. The van der Waals surface area contributed by atoms with Crippen LogP contribution in [0.5, 0.6) is 0 Å². The minimum atomic E-state index is -3.58. The predicted molar refractivity (Wildman–Crippen MR) is 54.9 cm³/mol. The molecule has 0 aromatic carbocycles. The SMILES string of the molecule is CCn1ccnc1S(=O)(=O)CCC=C(F)F. The molecule has 90 valence electrons. The molecule has 0 aliphatic carbocycles. The fourth-order valence-corrected chi connectivity index (χ4v) is 2.61. The van der Waals surface area contributed by atoms with Gasteiger partial charge in [0.1, 0.15) is 0 Å². The molecule has 0 aliphatic rings. The molecular weight excluding hydrogens is 238 g/mol. The van der Waals surface area contributed by atoms with Crippen LogP contribution in [0.25, 0.3) is 0 Å².